The molecule has 1 amide bonds. The first-order valence-electron chi connectivity index (χ1n) is 11.6. The van der Waals surface area contributed by atoms with E-state index in [0.29, 0.717) is 19.5 Å². The lowest BCUT2D eigenvalue weighted by Gasteiger charge is -2.22. The van der Waals surface area contributed by atoms with Gasteiger partial charge in [-0.25, -0.2) is 8.78 Å². The van der Waals surface area contributed by atoms with Crippen molar-refractivity contribution in [2.75, 3.05) is 6.54 Å². The number of allylic oxidation sites excluding steroid dienone is 2. The van der Waals surface area contributed by atoms with Crippen molar-refractivity contribution in [2.45, 2.75) is 52.1 Å². The lowest BCUT2D eigenvalue weighted by Crippen LogP contribution is -2.42. The van der Waals surface area contributed by atoms with E-state index in [1.165, 1.54) is 23.3 Å². The highest BCUT2D eigenvalue weighted by Crippen LogP contribution is 2.20. The van der Waals surface area contributed by atoms with Crippen LogP contribution in [-0.2, 0) is 17.8 Å². The fourth-order valence-electron chi connectivity index (χ4n) is 3.97. The summed E-state index contributed by atoms with van der Waals surface area (Å²) in [6.07, 6.45) is 7.60. The van der Waals surface area contributed by atoms with E-state index in [9.17, 15) is 13.6 Å². The molecule has 2 N–H and O–H groups in total. The molecule has 5 heteroatoms. The Bertz CT molecular complexity index is 1020. The third kappa shape index (κ3) is 8.14. The second kappa shape index (κ2) is 12.3. The summed E-state index contributed by atoms with van der Waals surface area (Å²) in [5.74, 6) is 4.74. The van der Waals surface area contributed by atoms with Gasteiger partial charge in [0.05, 0.1) is 6.04 Å². The molecule has 3 atom stereocenters. The van der Waals surface area contributed by atoms with Crippen LogP contribution in [-0.4, -0.2) is 18.5 Å². The highest BCUT2D eigenvalue weighted by Gasteiger charge is 2.20. The highest BCUT2D eigenvalue weighted by atomic mass is 19.1. The fraction of sp³-hybridized carbons (Fsp3) is 0.393. The van der Waals surface area contributed by atoms with Gasteiger partial charge in [0.15, 0.2) is 0 Å². The van der Waals surface area contributed by atoms with Crippen molar-refractivity contribution in [3.05, 3.63) is 82.9 Å². The average molecular weight is 451 g/mol. The first-order chi connectivity index (χ1) is 15.9. The maximum atomic E-state index is 13.5. The van der Waals surface area contributed by atoms with Gasteiger partial charge in [0.1, 0.15) is 11.6 Å². The third-order valence-electron chi connectivity index (χ3n) is 5.88. The Hall–Kier alpha value is -2.97. The number of aryl methyl sites for hydroxylation is 1. The molecule has 2 unspecified atom stereocenters. The van der Waals surface area contributed by atoms with Crippen LogP contribution in [0.5, 0.6) is 0 Å². The second-order valence-electron chi connectivity index (χ2n) is 8.72. The van der Waals surface area contributed by atoms with E-state index in [1.807, 2.05) is 6.92 Å². The normalized spacial score (nSPS) is 16.7. The molecule has 0 bridgehead atoms. The molecule has 3 rings (SSSR count). The van der Waals surface area contributed by atoms with Crippen LogP contribution in [0, 0.1) is 35.3 Å². The minimum absolute atomic E-state index is 0.00617. The molecule has 2 aromatic carbocycles. The van der Waals surface area contributed by atoms with Gasteiger partial charge in [-0.15, -0.1) is 0 Å². The summed E-state index contributed by atoms with van der Waals surface area (Å²) in [5.41, 5.74) is 2.75. The van der Waals surface area contributed by atoms with Crippen molar-refractivity contribution >= 4 is 5.91 Å². The zero-order chi connectivity index (χ0) is 23.6. The van der Waals surface area contributed by atoms with Crippen LogP contribution >= 0.6 is 0 Å². The van der Waals surface area contributed by atoms with Crippen molar-refractivity contribution in [3.63, 3.8) is 0 Å². The number of benzene rings is 2. The first kappa shape index (κ1) is 24.7. The Balaban J connectivity index is 1.65. The van der Waals surface area contributed by atoms with E-state index < -0.39 is 17.7 Å². The topological polar surface area (TPSA) is 41.1 Å². The molecule has 0 fully saturated rings. The Morgan fingerprint density at radius 2 is 1.91 bits per heavy atom. The van der Waals surface area contributed by atoms with Gasteiger partial charge in [-0.3, -0.25) is 4.79 Å². The summed E-state index contributed by atoms with van der Waals surface area (Å²) < 4.78 is 27.1. The molecule has 0 aliphatic heterocycles. The first-order valence-corrected chi connectivity index (χ1v) is 11.6. The summed E-state index contributed by atoms with van der Waals surface area (Å²) in [6, 6.07) is 11.2. The van der Waals surface area contributed by atoms with Crippen LogP contribution in [0.3, 0.4) is 0 Å². The van der Waals surface area contributed by atoms with Gasteiger partial charge >= 0.3 is 0 Å². The molecule has 174 valence electrons. The van der Waals surface area contributed by atoms with Crippen molar-refractivity contribution in [1.29, 1.82) is 0 Å². The summed E-state index contributed by atoms with van der Waals surface area (Å²) in [5, 5.41) is 6.48. The molecule has 0 radical (unpaired) electrons. The maximum absolute atomic E-state index is 13.5. The fourth-order valence-corrected chi connectivity index (χ4v) is 3.97. The number of carbonyl (C=O) groups excluding carboxylic acids is 1. The van der Waals surface area contributed by atoms with Crippen molar-refractivity contribution in [1.82, 2.24) is 10.6 Å². The van der Waals surface area contributed by atoms with Gasteiger partial charge in [-0.2, -0.15) is 0 Å². The smallest absolute Gasteiger partial charge is 0.221 e. The van der Waals surface area contributed by atoms with E-state index in [1.54, 1.807) is 0 Å². The quantitative estimate of drug-likeness (QED) is 0.410. The van der Waals surface area contributed by atoms with Crippen LogP contribution in [0.25, 0.3) is 0 Å². The molecular weight excluding hydrogens is 418 g/mol. The summed E-state index contributed by atoms with van der Waals surface area (Å²) in [4.78, 5) is 12.6. The molecule has 1 aliphatic rings. The largest absolute Gasteiger partial charge is 0.342 e. The van der Waals surface area contributed by atoms with Crippen molar-refractivity contribution < 1.29 is 13.6 Å². The number of amides is 1. The Labute approximate surface area is 195 Å². The molecule has 0 saturated carbocycles. The maximum Gasteiger partial charge on any atom is 0.221 e. The number of carbonyl (C=O) groups is 1. The second-order valence-corrected chi connectivity index (χ2v) is 8.72. The van der Waals surface area contributed by atoms with Crippen molar-refractivity contribution in [2.24, 2.45) is 11.8 Å². The molecule has 33 heavy (non-hydrogen) atoms. The number of halogens is 2. The van der Waals surface area contributed by atoms with Crippen LogP contribution in [0.4, 0.5) is 8.78 Å². The third-order valence-corrected chi connectivity index (χ3v) is 5.88. The summed E-state index contributed by atoms with van der Waals surface area (Å²) in [6.45, 7) is 5.49. The highest BCUT2D eigenvalue weighted by molar-refractivity contribution is 5.77. The van der Waals surface area contributed by atoms with Gasteiger partial charge in [0.2, 0.25) is 5.91 Å². The van der Waals surface area contributed by atoms with Crippen molar-refractivity contribution in [3.8, 4) is 11.8 Å². The lowest BCUT2D eigenvalue weighted by molar-refractivity contribution is -0.122. The molecule has 3 nitrogen and oxygen atoms in total. The van der Waals surface area contributed by atoms with Gasteiger partial charge in [-0.05, 0) is 48.4 Å². The molecule has 0 heterocycles. The van der Waals surface area contributed by atoms with E-state index in [-0.39, 0.29) is 23.3 Å². The Kier molecular flexibility index (Phi) is 9.21. The molecular formula is C28H32F2N2O. The van der Waals surface area contributed by atoms with E-state index in [2.05, 4.69) is 65.8 Å². The number of hydrogen-bond donors (Lipinski definition) is 2. The zero-order valence-corrected chi connectivity index (χ0v) is 19.3. The van der Waals surface area contributed by atoms with Gasteiger partial charge in [0.25, 0.3) is 0 Å². The predicted octanol–water partition coefficient (Wildman–Crippen LogP) is 5.15. The molecule has 2 aromatic rings. The van der Waals surface area contributed by atoms with Gasteiger partial charge in [-0.1, -0.05) is 62.1 Å². The zero-order valence-electron chi connectivity index (χ0n) is 19.3. The summed E-state index contributed by atoms with van der Waals surface area (Å²) >= 11 is 0. The minimum Gasteiger partial charge on any atom is -0.342 e. The number of nitrogens with one attached hydrogen (secondary N) is 2. The lowest BCUT2D eigenvalue weighted by atomic mass is 9.99. The minimum atomic E-state index is -0.670. The van der Waals surface area contributed by atoms with Crippen LogP contribution in [0.2, 0.25) is 0 Å². The monoisotopic (exact) mass is 450 g/mol. The molecule has 0 spiro atoms. The SMILES string of the molecule is CCc1cccc(CNCC(C)[C@H](C#Cc2cc(F)cc(F)c2)NC(=O)CC2C=CCC2)c1. The van der Waals surface area contributed by atoms with Crippen LogP contribution in [0.15, 0.2) is 54.6 Å². The van der Waals surface area contributed by atoms with Gasteiger partial charge in [0, 0.05) is 37.1 Å². The van der Waals surface area contributed by atoms with E-state index in [4.69, 9.17) is 0 Å². The predicted molar refractivity (Wildman–Crippen MR) is 128 cm³/mol. The van der Waals surface area contributed by atoms with E-state index >= 15 is 0 Å². The van der Waals surface area contributed by atoms with Crippen LogP contribution < -0.4 is 10.6 Å². The standard InChI is InChI=1S/C28H32F2N2O/c1-3-21-9-6-10-24(13-21)19-31-18-20(2)27(32-28(33)16-22-7-4-5-8-22)12-11-23-14-25(29)17-26(30)15-23/h4,6-7,9-10,13-15,17,20,22,27,31H,3,5,8,16,18-19H2,1-2H3,(H,32,33)/t20?,22?,27-/m0/s1. The summed E-state index contributed by atoms with van der Waals surface area (Å²) in [7, 11) is 0. The Morgan fingerprint density at radius 3 is 2.61 bits per heavy atom. The van der Waals surface area contributed by atoms with Crippen LogP contribution in [0.1, 0.15) is 49.8 Å². The van der Waals surface area contributed by atoms with Gasteiger partial charge < -0.3 is 10.6 Å². The average Bonchev–Trinajstić information content (AvgIpc) is 3.29. The molecule has 0 saturated heterocycles. The van der Waals surface area contributed by atoms with E-state index in [0.717, 1.165) is 25.3 Å². The molecule has 0 aromatic heterocycles. The number of rotatable bonds is 9. The molecule has 1 aliphatic carbocycles. The number of hydrogen-bond acceptors (Lipinski definition) is 2. The Morgan fingerprint density at radius 1 is 1.15 bits per heavy atom.